The number of para-hydroxylation sites is 1. The normalized spacial score (nSPS) is 10.3. The van der Waals surface area contributed by atoms with Gasteiger partial charge < -0.3 is 15.2 Å². The van der Waals surface area contributed by atoms with Crippen LogP contribution in [0.25, 0.3) is 0 Å². The minimum absolute atomic E-state index is 0.165. The van der Waals surface area contributed by atoms with Gasteiger partial charge in [0.1, 0.15) is 0 Å². The van der Waals surface area contributed by atoms with Gasteiger partial charge in [-0.1, -0.05) is 25.1 Å². The van der Waals surface area contributed by atoms with Crippen molar-refractivity contribution in [3.05, 3.63) is 48.0 Å². The molecule has 4 heteroatoms. The number of anilines is 1. The molecule has 2 aromatic carbocycles. The topological polar surface area (TPSA) is 41.5 Å². The van der Waals surface area contributed by atoms with Crippen molar-refractivity contribution >= 4 is 17.4 Å². The Morgan fingerprint density at radius 2 is 2.00 bits per heavy atom. The molecule has 106 valence electrons. The summed E-state index contributed by atoms with van der Waals surface area (Å²) in [6.45, 7) is 2.84. The summed E-state index contributed by atoms with van der Waals surface area (Å²) >= 11 is 1.82. The number of hydrogen-bond acceptors (Lipinski definition) is 4. The molecule has 0 unspecified atom stereocenters. The van der Waals surface area contributed by atoms with Crippen LogP contribution in [0.3, 0.4) is 0 Å². The molecule has 0 saturated carbocycles. The molecule has 0 bridgehead atoms. The molecule has 0 aromatic heterocycles. The number of hydrogen-bond donors (Lipinski definition) is 2. The molecule has 0 amide bonds. The fourth-order valence-corrected chi connectivity index (χ4v) is 2.70. The molecular weight excluding hydrogens is 270 g/mol. The lowest BCUT2D eigenvalue weighted by atomic mass is 10.2. The van der Waals surface area contributed by atoms with E-state index in [1.165, 1.54) is 4.90 Å². The van der Waals surface area contributed by atoms with Crippen LogP contribution in [0.1, 0.15) is 12.5 Å². The third kappa shape index (κ3) is 3.61. The summed E-state index contributed by atoms with van der Waals surface area (Å²) in [7, 11) is 1.56. The van der Waals surface area contributed by atoms with E-state index in [-0.39, 0.29) is 5.75 Å². The molecule has 0 spiro atoms. The Morgan fingerprint density at radius 1 is 1.20 bits per heavy atom. The van der Waals surface area contributed by atoms with Gasteiger partial charge in [-0.25, -0.2) is 0 Å². The van der Waals surface area contributed by atoms with Crippen molar-refractivity contribution < 1.29 is 9.84 Å². The lowest BCUT2D eigenvalue weighted by Crippen LogP contribution is -2.01. The summed E-state index contributed by atoms with van der Waals surface area (Å²) < 4.78 is 5.12. The van der Waals surface area contributed by atoms with Gasteiger partial charge in [-0.15, -0.1) is 11.8 Å². The number of phenols is 1. The van der Waals surface area contributed by atoms with Crippen LogP contribution < -0.4 is 10.1 Å². The molecule has 0 aliphatic heterocycles. The van der Waals surface area contributed by atoms with Gasteiger partial charge in [0.2, 0.25) is 0 Å². The zero-order valence-corrected chi connectivity index (χ0v) is 12.5. The maximum Gasteiger partial charge on any atom is 0.160 e. The van der Waals surface area contributed by atoms with Crippen LogP contribution in [-0.4, -0.2) is 18.0 Å². The van der Waals surface area contributed by atoms with E-state index >= 15 is 0 Å². The van der Waals surface area contributed by atoms with E-state index in [0.29, 0.717) is 12.3 Å². The highest BCUT2D eigenvalue weighted by molar-refractivity contribution is 7.99. The highest BCUT2D eigenvalue weighted by Gasteiger charge is 2.04. The van der Waals surface area contributed by atoms with Gasteiger partial charge in [-0.2, -0.15) is 0 Å². The molecule has 0 aliphatic rings. The number of nitrogens with one attached hydrogen (secondary N) is 1. The lowest BCUT2D eigenvalue weighted by Gasteiger charge is -2.12. The summed E-state index contributed by atoms with van der Waals surface area (Å²) in [5, 5.41) is 13.0. The van der Waals surface area contributed by atoms with Crippen LogP contribution in [0.4, 0.5) is 5.69 Å². The Bertz CT molecular complexity index is 572. The quantitative estimate of drug-likeness (QED) is 0.785. The Balaban J connectivity index is 2.09. The smallest absolute Gasteiger partial charge is 0.160 e. The highest BCUT2D eigenvalue weighted by Crippen LogP contribution is 2.29. The van der Waals surface area contributed by atoms with Gasteiger partial charge in [0.05, 0.1) is 7.11 Å². The van der Waals surface area contributed by atoms with Crippen molar-refractivity contribution in [2.75, 3.05) is 18.2 Å². The van der Waals surface area contributed by atoms with Gasteiger partial charge in [0, 0.05) is 17.1 Å². The standard InChI is InChI=1S/C16H19NO2S/c1-3-20-16-7-5-4-6-13(16)17-11-12-8-9-14(18)15(10-12)19-2/h4-10,17-18H,3,11H2,1-2H3. The molecule has 0 radical (unpaired) electrons. The van der Waals surface area contributed by atoms with Crippen LogP contribution in [-0.2, 0) is 6.54 Å². The molecule has 20 heavy (non-hydrogen) atoms. The first-order valence-electron chi connectivity index (χ1n) is 6.56. The maximum atomic E-state index is 9.59. The van der Waals surface area contributed by atoms with E-state index in [1.807, 2.05) is 36.0 Å². The third-order valence-electron chi connectivity index (χ3n) is 2.91. The third-order valence-corrected chi connectivity index (χ3v) is 3.87. The first-order valence-corrected chi connectivity index (χ1v) is 7.54. The molecule has 0 atom stereocenters. The molecule has 0 aliphatic carbocycles. The number of thioether (sulfide) groups is 1. The van der Waals surface area contributed by atoms with Crippen molar-refractivity contribution in [1.29, 1.82) is 0 Å². The van der Waals surface area contributed by atoms with Crippen LogP contribution in [0.2, 0.25) is 0 Å². The molecule has 0 heterocycles. The van der Waals surface area contributed by atoms with Gasteiger partial charge in [0.25, 0.3) is 0 Å². The van der Waals surface area contributed by atoms with E-state index < -0.39 is 0 Å². The van der Waals surface area contributed by atoms with Crippen LogP contribution in [0.15, 0.2) is 47.4 Å². The van der Waals surface area contributed by atoms with Gasteiger partial charge >= 0.3 is 0 Å². The minimum Gasteiger partial charge on any atom is -0.504 e. The van der Waals surface area contributed by atoms with Gasteiger partial charge in [0.15, 0.2) is 11.5 Å². The highest BCUT2D eigenvalue weighted by atomic mass is 32.2. The summed E-state index contributed by atoms with van der Waals surface area (Å²) in [6.07, 6.45) is 0. The van der Waals surface area contributed by atoms with Gasteiger partial charge in [-0.05, 0) is 35.6 Å². The largest absolute Gasteiger partial charge is 0.504 e. The van der Waals surface area contributed by atoms with E-state index in [9.17, 15) is 5.11 Å². The monoisotopic (exact) mass is 289 g/mol. The number of ether oxygens (including phenoxy) is 1. The Kier molecular flexibility index (Phi) is 5.18. The molecule has 2 N–H and O–H groups in total. The predicted molar refractivity (Wildman–Crippen MR) is 84.8 cm³/mol. The van der Waals surface area contributed by atoms with E-state index in [0.717, 1.165) is 17.0 Å². The predicted octanol–water partition coefficient (Wildman–Crippen LogP) is 4.12. The van der Waals surface area contributed by atoms with E-state index in [1.54, 1.807) is 13.2 Å². The SMILES string of the molecule is CCSc1ccccc1NCc1ccc(O)c(OC)c1. The van der Waals surface area contributed by atoms with Crippen molar-refractivity contribution in [3.63, 3.8) is 0 Å². The zero-order chi connectivity index (χ0) is 14.4. The maximum absolute atomic E-state index is 9.59. The molecular formula is C16H19NO2S. The second kappa shape index (κ2) is 7.10. The minimum atomic E-state index is 0.165. The number of phenolic OH excluding ortho intramolecular Hbond substituents is 1. The molecule has 0 fully saturated rings. The van der Waals surface area contributed by atoms with Gasteiger partial charge in [-0.3, -0.25) is 0 Å². The van der Waals surface area contributed by atoms with Crippen molar-refractivity contribution in [3.8, 4) is 11.5 Å². The average Bonchev–Trinajstić information content (AvgIpc) is 2.48. The summed E-state index contributed by atoms with van der Waals surface area (Å²) in [5.74, 6) is 1.71. The van der Waals surface area contributed by atoms with Crippen molar-refractivity contribution in [1.82, 2.24) is 0 Å². The van der Waals surface area contributed by atoms with Crippen molar-refractivity contribution in [2.24, 2.45) is 0 Å². The Morgan fingerprint density at radius 3 is 2.75 bits per heavy atom. The Labute approximate surface area is 124 Å². The molecule has 2 aromatic rings. The molecule has 2 rings (SSSR count). The lowest BCUT2D eigenvalue weighted by molar-refractivity contribution is 0.373. The number of methoxy groups -OCH3 is 1. The molecule has 0 saturated heterocycles. The van der Waals surface area contributed by atoms with Crippen LogP contribution in [0, 0.1) is 0 Å². The first kappa shape index (κ1) is 14.6. The fraction of sp³-hybridized carbons (Fsp3) is 0.250. The number of aromatic hydroxyl groups is 1. The number of benzene rings is 2. The van der Waals surface area contributed by atoms with E-state index in [4.69, 9.17) is 4.74 Å². The first-order chi connectivity index (χ1) is 9.74. The van der Waals surface area contributed by atoms with Crippen molar-refractivity contribution in [2.45, 2.75) is 18.4 Å². The second-order valence-electron chi connectivity index (χ2n) is 4.29. The number of rotatable bonds is 6. The fourth-order valence-electron chi connectivity index (χ4n) is 1.92. The van der Waals surface area contributed by atoms with Crippen LogP contribution in [0.5, 0.6) is 11.5 Å². The summed E-state index contributed by atoms with van der Waals surface area (Å²) in [6, 6.07) is 13.7. The zero-order valence-electron chi connectivity index (χ0n) is 11.7. The van der Waals surface area contributed by atoms with E-state index in [2.05, 4.69) is 24.4 Å². The Hall–Kier alpha value is -1.81. The van der Waals surface area contributed by atoms with Crippen LogP contribution >= 0.6 is 11.8 Å². The molecule has 3 nitrogen and oxygen atoms in total. The average molecular weight is 289 g/mol. The second-order valence-corrected chi connectivity index (χ2v) is 5.59. The summed E-state index contributed by atoms with van der Waals surface area (Å²) in [5.41, 5.74) is 2.20. The summed E-state index contributed by atoms with van der Waals surface area (Å²) in [4.78, 5) is 1.25.